The van der Waals surface area contributed by atoms with Gasteiger partial charge in [-0.25, -0.2) is 4.39 Å². The van der Waals surface area contributed by atoms with Crippen LogP contribution in [0.15, 0.2) is 48.5 Å². The van der Waals surface area contributed by atoms with E-state index in [0.717, 1.165) is 0 Å². The topological polar surface area (TPSA) is 59.1 Å². The number of fused-ring (bicyclic) bond motifs is 2. The molecule has 2 aliphatic heterocycles. The van der Waals surface area contributed by atoms with Crippen LogP contribution < -0.4 is 14.4 Å². The number of carbonyl (C=O) groups excluding carboxylic acids is 2. The fraction of sp³-hybridized carbons (Fsp3) is 0.273. The number of nitrogens with zero attached hydrogens (tertiary/aromatic N) is 2. The third-order valence-corrected chi connectivity index (χ3v) is 5.36. The number of anilines is 1. The first-order valence-electron chi connectivity index (χ1n) is 9.31. The van der Waals surface area contributed by atoms with Crippen molar-refractivity contribution in [1.82, 2.24) is 4.90 Å². The highest BCUT2D eigenvalue weighted by Gasteiger charge is 2.52. The predicted molar refractivity (Wildman–Crippen MR) is 106 cm³/mol. The summed E-state index contributed by atoms with van der Waals surface area (Å²) in [6.07, 6.45) is 3.52. The van der Waals surface area contributed by atoms with Gasteiger partial charge in [-0.2, -0.15) is 0 Å². The van der Waals surface area contributed by atoms with Crippen LogP contribution >= 0.6 is 0 Å². The smallest absolute Gasteiger partial charge is 0.250 e. The van der Waals surface area contributed by atoms with Gasteiger partial charge in [-0.15, -0.1) is 0 Å². The van der Waals surface area contributed by atoms with E-state index >= 15 is 0 Å². The van der Waals surface area contributed by atoms with E-state index < -0.39 is 6.04 Å². The maximum absolute atomic E-state index is 13.3. The molecular formula is C22H21FN2O4. The number of carbonyl (C=O) groups is 2. The highest BCUT2D eigenvalue weighted by Crippen LogP contribution is 2.41. The number of likely N-dealkylation sites (tertiary alicyclic amines) is 1. The molecule has 0 saturated carbocycles. The maximum Gasteiger partial charge on any atom is 0.250 e. The summed E-state index contributed by atoms with van der Waals surface area (Å²) in [5, 5.41) is 0. The lowest BCUT2D eigenvalue weighted by molar-refractivity contribution is -0.134. The number of methoxy groups -OCH3 is 2. The first-order chi connectivity index (χ1) is 14.0. The number of hydrogen-bond acceptors (Lipinski definition) is 4. The van der Waals surface area contributed by atoms with Gasteiger partial charge in [0.25, 0.3) is 0 Å². The highest BCUT2D eigenvalue weighted by molar-refractivity contribution is 6.06. The number of halogens is 1. The summed E-state index contributed by atoms with van der Waals surface area (Å²) in [6, 6.07) is 10.7. The van der Waals surface area contributed by atoms with Crippen molar-refractivity contribution in [3.05, 3.63) is 59.9 Å². The van der Waals surface area contributed by atoms with Crippen molar-refractivity contribution in [2.45, 2.75) is 18.5 Å². The molecule has 2 saturated heterocycles. The lowest BCUT2D eigenvalue weighted by atomic mass is 10.2. The molecule has 2 aromatic carbocycles. The molecule has 0 aliphatic carbocycles. The van der Waals surface area contributed by atoms with E-state index in [-0.39, 0.29) is 23.7 Å². The molecule has 2 heterocycles. The Kier molecular flexibility index (Phi) is 4.96. The van der Waals surface area contributed by atoms with Crippen molar-refractivity contribution in [1.29, 1.82) is 0 Å². The van der Waals surface area contributed by atoms with Gasteiger partial charge in [0.1, 0.15) is 23.4 Å². The van der Waals surface area contributed by atoms with E-state index in [1.807, 2.05) is 0 Å². The minimum atomic E-state index is -0.513. The number of rotatable bonds is 5. The minimum Gasteiger partial charge on any atom is -0.497 e. The fourth-order valence-electron chi connectivity index (χ4n) is 3.99. The van der Waals surface area contributed by atoms with Crippen LogP contribution in [0.25, 0.3) is 6.08 Å². The molecule has 29 heavy (non-hydrogen) atoms. The summed E-state index contributed by atoms with van der Waals surface area (Å²) in [4.78, 5) is 28.9. The Hall–Kier alpha value is -3.35. The zero-order valence-electron chi connectivity index (χ0n) is 16.2. The van der Waals surface area contributed by atoms with Crippen LogP contribution in [0.1, 0.15) is 12.0 Å². The Morgan fingerprint density at radius 2 is 2.00 bits per heavy atom. The molecule has 0 N–H and O–H groups in total. The van der Waals surface area contributed by atoms with E-state index in [1.165, 1.54) is 18.2 Å². The number of amides is 2. The second-order valence-electron chi connectivity index (χ2n) is 7.03. The molecule has 2 aromatic rings. The number of ether oxygens (including phenoxy) is 2. The molecule has 2 fully saturated rings. The zero-order chi connectivity index (χ0) is 20.5. The summed E-state index contributed by atoms with van der Waals surface area (Å²) in [6.45, 7) is 0.434. The van der Waals surface area contributed by atoms with Crippen molar-refractivity contribution in [3.63, 3.8) is 0 Å². The van der Waals surface area contributed by atoms with E-state index in [1.54, 1.807) is 60.4 Å². The number of hydrogen-bond donors (Lipinski definition) is 0. The minimum absolute atomic E-state index is 0.125. The number of benzene rings is 2. The monoisotopic (exact) mass is 396 g/mol. The van der Waals surface area contributed by atoms with E-state index in [0.29, 0.717) is 35.7 Å². The molecular weight excluding hydrogens is 375 g/mol. The average Bonchev–Trinajstić information content (AvgIpc) is 3.30. The quantitative estimate of drug-likeness (QED) is 0.730. The summed E-state index contributed by atoms with van der Waals surface area (Å²) >= 11 is 0. The molecule has 2 amide bonds. The van der Waals surface area contributed by atoms with Gasteiger partial charge in [-0.1, -0.05) is 12.1 Å². The molecule has 7 heteroatoms. The molecule has 0 radical (unpaired) electrons. The molecule has 0 aromatic heterocycles. The van der Waals surface area contributed by atoms with Crippen molar-refractivity contribution in [3.8, 4) is 11.5 Å². The molecule has 0 spiro atoms. The molecule has 6 nitrogen and oxygen atoms in total. The summed E-state index contributed by atoms with van der Waals surface area (Å²) in [7, 11) is 3.12. The largest absolute Gasteiger partial charge is 0.497 e. The maximum atomic E-state index is 13.3. The lowest BCUT2D eigenvalue weighted by Crippen LogP contribution is -2.52. The Morgan fingerprint density at radius 1 is 1.17 bits per heavy atom. The first kappa shape index (κ1) is 19.0. The van der Waals surface area contributed by atoms with Crippen LogP contribution in [0.4, 0.5) is 10.1 Å². The van der Waals surface area contributed by atoms with E-state index in [9.17, 15) is 14.0 Å². The van der Waals surface area contributed by atoms with Crippen LogP contribution in [0.3, 0.4) is 0 Å². The van der Waals surface area contributed by atoms with Gasteiger partial charge in [-0.3, -0.25) is 9.59 Å². The third-order valence-electron chi connectivity index (χ3n) is 5.36. The molecule has 2 aliphatic rings. The van der Waals surface area contributed by atoms with Crippen LogP contribution in [0.2, 0.25) is 0 Å². The summed E-state index contributed by atoms with van der Waals surface area (Å²) < 4.78 is 24.0. The average molecular weight is 396 g/mol. The Labute approximate surface area is 168 Å². The molecule has 4 rings (SSSR count). The first-order valence-corrected chi connectivity index (χ1v) is 9.31. The zero-order valence-corrected chi connectivity index (χ0v) is 16.2. The second-order valence-corrected chi connectivity index (χ2v) is 7.03. The second kappa shape index (κ2) is 7.58. The van der Waals surface area contributed by atoms with Crippen LogP contribution in [-0.4, -0.2) is 49.6 Å². The Balaban J connectivity index is 1.52. The molecule has 0 unspecified atom stereocenters. The van der Waals surface area contributed by atoms with E-state index in [4.69, 9.17) is 9.47 Å². The summed E-state index contributed by atoms with van der Waals surface area (Å²) in [5.41, 5.74) is 1.24. The van der Waals surface area contributed by atoms with Crippen molar-refractivity contribution < 1.29 is 23.5 Å². The van der Waals surface area contributed by atoms with Gasteiger partial charge in [0.2, 0.25) is 11.8 Å². The van der Waals surface area contributed by atoms with E-state index in [2.05, 4.69) is 0 Å². The third kappa shape index (κ3) is 3.44. The van der Waals surface area contributed by atoms with Crippen molar-refractivity contribution >= 4 is 23.6 Å². The molecule has 150 valence electrons. The molecule has 2 bridgehead atoms. The van der Waals surface area contributed by atoms with Gasteiger partial charge in [-0.05, 0) is 42.3 Å². The van der Waals surface area contributed by atoms with Crippen LogP contribution in [0.5, 0.6) is 11.5 Å². The molecule has 2 atom stereocenters. The van der Waals surface area contributed by atoms with Crippen molar-refractivity contribution in [2.24, 2.45) is 0 Å². The number of piperazine rings is 1. The standard InChI is InChI=1S/C22H21FN2O4/c1-28-17-7-8-20(29-2)18(12-17)25-16-11-19(22(25)27)24(13-16)21(26)9-6-14-4-3-5-15(23)10-14/h3-10,12,16,19H,11,13H2,1-2H3/b9-6+/t16-,19-/m0/s1. The highest BCUT2D eigenvalue weighted by atomic mass is 19.1. The lowest BCUT2D eigenvalue weighted by Gasteiger charge is -2.34. The summed E-state index contributed by atoms with van der Waals surface area (Å²) in [5.74, 6) is 0.448. The van der Waals surface area contributed by atoms with Gasteiger partial charge in [0.05, 0.1) is 25.9 Å². The van der Waals surface area contributed by atoms with Crippen LogP contribution in [-0.2, 0) is 9.59 Å². The SMILES string of the molecule is COc1ccc(OC)c(N2C(=O)[C@@H]3C[C@H]2CN3C(=O)/C=C/c2cccc(F)c2)c1. The normalized spacial score (nSPS) is 20.6. The van der Waals surface area contributed by atoms with Gasteiger partial charge < -0.3 is 19.3 Å². The Bertz CT molecular complexity index is 991. The van der Waals surface area contributed by atoms with Gasteiger partial charge >= 0.3 is 0 Å². The predicted octanol–water partition coefficient (Wildman–Crippen LogP) is 2.87. The van der Waals surface area contributed by atoms with Crippen LogP contribution in [0, 0.1) is 5.82 Å². The van der Waals surface area contributed by atoms with Crippen molar-refractivity contribution in [2.75, 3.05) is 25.7 Å². The fourth-order valence-corrected chi connectivity index (χ4v) is 3.99. The van der Waals surface area contributed by atoms with Gasteiger partial charge in [0, 0.05) is 18.7 Å². The van der Waals surface area contributed by atoms with Gasteiger partial charge in [0.15, 0.2) is 0 Å². The Morgan fingerprint density at radius 3 is 2.69 bits per heavy atom.